The van der Waals surface area contributed by atoms with E-state index in [1.807, 2.05) is 18.5 Å². The Morgan fingerprint density at radius 1 is 1.03 bits per heavy atom. The highest BCUT2D eigenvalue weighted by Crippen LogP contribution is 2.30. The van der Waals surface area contributed by atoms with Gasteiger partial charge in [0.2, 0.25) is 0 Å². The summed E-state index contributed by atoms with van der Waals surface area (Å²) < 4.78 is 8.42. The number of nitrogens with zero attached hydrogens (tertiary/aromatic N) is 5. The number of likely N-dealkylation sites (tertiary alicyclic amines) is 1. The van der Waals surface area contributed by atoms with Crippen molar-refractivity contribution in [3.05, 3.63) is 77.4 Å². The lowest BCUT2D eigenvalue weighted by Gasteiger charge is -2.39. The molecule has 1 saturated heterocycles. The van der Waals surface area contributed by atoms with E-state index in [2.05, 4.69) is 62.7 Å². The Bertz CT molecular complexity index is 1170. The fourth-order valence-corrected chi connectivity index (χ4v) is 5.71. The average molecular weight is 474 g/mol. The Hall–Kier alpha value is -2.87. The summed E-state index contributed by atoms with van der Waals surface area (Å²) in [5.41, 5.74) is 6.55. The van der Waals surface area contributed by atoms with Gasteiger partial charge in [-0.3, -0.25) is 4.90 Å². The van der Waals surface area contributed by atoms with Crippen LogP contribution in [0.1, 0.15) is 28.6 Å². The van der Waals surface area contributed by atoms with Gasteiger partial charge in [0.25, 0.3) is 0 Å². The molecule has 1 fully saturated rings. The molecule has 7 nitrogen and oxygen atoms in total. The maximum absolute atomic E-state index is 10.7. The molecular weight excluding hydrogens is 438 g/mol. The lowest BCUT2D eigenvalue weighted by molar-refractivity contribution is 0.0638. The minimum Gasteiger partial charge on any atom is -0.491 e. The molecule has 1 unspecified atom stereocenters. The van der Waals surface area contributed by atoms with Gasteiger partial charge in [0.05, 0.1) is 30.3 Å². The van der Waals surface area contributed by atoms with E-state index >= 15 is 0 Å². The molecule has 184 valence electrons. The number of rotatable bonds is 7. The lowest BCUT2D eigenvalue weighted by Crippen LogP contribution is -2.45. The second-order valence-electron chi connectivity index (χ2n) is 10.3. The zero-order valence-electron chi connectivity index (χ0n) is 20.5. The Kier molecular flexibility index (Phi) is 6.22. The smallest absolute Gasteiger partial charge is 0.121 e. The van der Waals surface area contributed by atoms with Crippen LogP contribution in [0.4, 0.5) is 5.69 Å². The van der Waals surface area contributed by atoms with Crippen molar-refractivity contribution in [1.29, 1.82) is 0 Å². The first-order chi connectivity index (χ1) is 17.1. The van der Waals surface area contributed by atoms with Gasteiger partial charge in [0.1, 0.15) is 18.5 Å². The number of aliphatic hydroxyl groups excluding tert-OH is 1. The van der Waals surface area contributed by atoms with Crippen molar-refractivity contribution < 1.29 is 9.84 Å². The molecule has 0 radical (unpaired) electrons. The van der Waals surface area contributed by atoms with E-state index in [1.165, 1.54) is 22.5 Å². The number of β-amino-alcohol motifs (C(OH)–C–C–N with tert-alkyl or cyclic N) is 1. The molecule has 0 amide bonds. The van der Waals surface area contributed by atoms with Crippen molar-refractivity contribution in [2.45, 2.75) is 38.1 Å². The van der Waals surface area contributed by atoms with Gasteiger partial charge in [-0.05, 0) is 36.7 Å². The maximum atomic E-state index is 10.7. The third kappa shape index (κ3) is 4.81. The van der Waals surface area contributed by atoms with Crippen LogP contribution in [0.5, 0.6) is 5.75 Å². The number of anilines is 1. The lowest BCUT2D eigenvalue weighted by atomic mass is 10.00. The minimum atomic E-state index is -0.517. The summed E-state index contributed by atoms with van der Waals surface area (Å²) in [5, 5.41) is 10.7. The van der Waals surface area contributed by atoms with Crippen LogP contribution < -0.4 is 9.64 Å². The quantitative estimate of drug-likeness (QED) is 0.570. The van der Waals surface area contributed by atoms with E-state index in [0.29, 0.717) is 19.2 Å². The van der Waals surface area contributed by atoms with Crippen molar-refractivity contribution in [3.63, 3.8) is 0 Å². The number of fused-ring (bicyclic) bond motifs is 2. The van der Waals surface area contributed by atoms with Crippen LogP contribution >= 0.6 is 0 Å². The van der Waals surface area contributed by atoms with Crippen molar-refractivity contribution >= 4 is 5.69 Å². The predicted octanol–water partition coefficient (Wildman–Crippen LogP) is 2.73. The molecule has 2 aromatic carbocycles. The summed E-state index contributed by atoms with van der Waals surface area (Å²) in [7, 11) is 2.17. The number of ether oxygens (including phenoxy) is 1. The molecule has 3 aromatic rings. The average Bonchev–Trinajstić information content (AvgIpc) is 3.28. The van der Waals surface area contributed by atoms with Gasteiger partial charge in [-0.1, -0.05) is 30.3 Å². The van der Waals surface area contributed by atoms with Gasteiger partial charge in [-0.25, -0.2) is 4.98 Å². The zero-order valence-corrected chi connectivity index (χ0v) is 20.5. The number of benzene rings is 2. The monoisotopic (exact) mass is 473 g/mol. The van der Waals surface area contributed by atoms with Crippen molar-refractivity contribution in [1.82, 2.24) is 19.4 Å². The van der Waals surface area contributed by atoms with Crippen molar-refractivity contribution in [3.8, 4) is 5.75 Å². The number of aromatic nitrogens is 2. The molecule has 0 aliphatic carbocycles. The predicted molar refractivity (Wildman–Crippen MR) is 137 cm³/mol. The van der Waals surface area contributed by atoms with Gasteiger partial charge in [-0.2, -0.15) is 0 Å². The summed E-state index contributed by atoms with van der Waals surface area (Å²) in [6.07, 6.45) is 3.53. The van der Waals surface area contributed by atoms with Gasteiger partial charge in [-0.15, -0.1) is 0 Å². The van der Waals surface area contributed by atoms with Crippen LogP contribution in [0.2, 0.25) is 0 Å². The van der Waals surface area contributed by atoms with Crippen LogP contribution in [0, 0.1) is 0 Å². The van der Waals surface area contributed by atoms with E-state index < -0.39 is 6.10 Å². The first kappa shape index (κ1) is 22.6. The van der Waals surface area contributed by atoms with Crippen LogP contribution in [0.25, 0.3) is 0 Å². The van der Waals surface area contributed by atoms with E-state index in [0.717, 1.165) is 63.5 Å². The first-order valence-electron chi connectivity index (χ1n) is 12.8. The number of hydrogen-bond donors (Lipinski definition) is 1. The SMILES string of the molecule is CN1CC(n2cnc3c2CN(c2cccc(OCC(O)CN4CCc5ccccc5C4)c2)CC3)C1. The van der Waals surface area contributed by atoms with E-state index in [9.17, 15) is 5.11 Å². The second-order valence-corrected chi connectivity index (χ2v) is 10.3. The van der Waals surface area contributed by atoms with Crippen LogP contribution in [0.15, 0.2) is 54.9 Å². The summed E-state index contributed by atoms with van der Waals surface area (Å²) in [6.45, 7) is 6.82. The Labute approximate surface area is 207 Å². The number of hydrogen-bond acceptors (Lipinski definition) is 6. The summed E-state index contributed by atoms with van der Waals surface area (Å²) in [5.74, 6) is 0.811. The number of aliphatic hydroxyl groups is 1. The highest BCUT2D eigenvalue weighted by molar-refractivity contribution is 5.52. The Morgan fingerprint density at radius 3 is 2.74 bits per heavy atom. The molecule has 0 saturated carbocycles. The molecule has 7 heteroatoms. The van der Waals surface area contributed by atoms with Crippen molar-refractivity contribution in [2.24, 2.45) is 0 Å². The fraction of sp³-hybridized carbons (Fsp3) is 0.464. The number of imidazole rings is 1. The van der Waals surface area contributed by atoms with Crippen LogP contribution in [-0.4, -0.2) is 76.9 Å². The number of likely N-dealkylation sites (N-methyl/N-ethyl adjacent to an activating group) is 1. The Morgan fingerprint density at radius 2 is 1.89 bits per heavy atom. The minimum absolute atomic E-state index is 0.299. The molecule has 1 N–H and O–H groups in total. The third-order valence-corrected chi connectivity index (χ3v) is 7.68. The first-order valence-corrected chi connectivity index (χ1v) is 12.8. The summed E-state index contributed by atoms with van der Waals surface area (Å²) >= 11 is 0. The van der Waals surface area contributed by atoms with Crippen molar-refractivity contribution in [2.75, 3.05) is 51.3 Å². The summed E-state index contributed by atoms with van der Waals surface area (Å²) in [4.78, 5) is 11.8. The molecule has 0 spiro atoms. The largest absolute Gasteiger partial charge is 0.491 e. The van der Waals surface area contributed by atoms with E-state index in [4.69, 9.17) is 9.72 Å². The van der Waals surface area contributed by atoms with Crippen LogP contribution in [0.3, 0.4) is 0 Å². The third-order valence-electron chi connectivity index (χ3n) is 7.68. The molecule has 3 aliphatic rings. The van der Waals surface area contributed by atoms with Gasteiger partial charge < -0.3 is 24.2 Å². The fourth-order valence-electron chi connectivity index (χ4n) is 5.71. The normalized spacial score (nSPS) is 19.7. The topological polar surface area (TPSA) is 57.0 Å². The Balaban J connectivity index is 1.05. The zero-order chi connectivity index (χ0) is 23.8. The molecule has 0 bridgehead atoms. The van der Waals surface area contributed by atoms with Gasteiger partial charge in [0.15, 0.2) is 0 Å². The molecule has 6 rings (SSSR count). The highest BCUT2D eigenvalue weighted by Gasteiger charge is 2.30. The van der Waals surface area contributed by atoms with Gasteiger partial charge in [0, 0.05) is 57.4 Å². The molecule has 35 heavy (non-hydrogen) atoms. The summed E-state index contributed by atoms with van der Waals surface area (Å²) in [6, 6.07) is 17.4. The second kappa shape index (κ2) is 9.64. The molecule has 1 aromatic heterocycles. The van der Waals surface area contributed by atoms with E-state index in [-0.39, 0.29) is 0 Å². The highest BCUT2D eigenvalue weighted by atomic mass is 16.5. The molecule has 4 heterocycles. The standard InChI is InChI=1S/C28H35N5O2/c1-30-15-24(16-30)33-20-29-27-10-12-32(18-28(27)33)23-7-4-8-26(13-23)35-19-25(34)17-31-11-9-21-5-2-3-6-22(21)14-31/h2-8,13,20,24-25,34H,9-12,14-19H2,1H3. The molecular formula is C28H35N5O2. The molecule has 1 atom stereocenters. The van der Waals surface area contributed by atoms with Crippen LogP contribution in [-0.2, 0) is 25.9 Å². The molecule has 3 aliphatic heterocycles. The maximum Gasteiger partial charge on any atom is 0.121 e. The van der Waals surface area contributed by atoms with E-state index in [1.54, 1.807) is 0 Å². The van der Waals surface area contributed by atoms with Gasteiger partial charge >= 0.3 is 0 Å².